The van der Waals surface area contributed by atoms with Crippen LogP contribution in [-0.2, 0) is 14.8 Å². The van der Waals surface area contributed by atoms with E-state index in [1.165, 1.54) is 29.6 Å². The smallest absolute Gasteiger partial charge is 0.243 e. The second kappa shape index (κ2) is 12.8. The summed E-state index contributed by atoms with van der Waals surface area (Å²) < 4.78 is 41.1. The quantitative estimate of drug-likeness (QED) is 0.586. The Hall–Kier alpha value is -1.18. The molecule has 1 N–H and O–H groups in total. The van der Waals surface area contributed by atoms with Crippen LogP contribution in [0.4, 0.5) is 4.39 Å². The molecule has 0 spiro atoms. The van der Waals surface area contributed by atoms with E-state index in [0.717, 1.165) is 50.7 Å². The molecular formula is C23H38ClFN2O3S. The lowest BCUT2D eigenvalue weighted by molar-refractivity contribution is -0.125. The van der Waals surface area contributed by atoms with E-state index in [1.54, 1.807) is 0 Å². The third-order valence-corrected chi connectivity index (χ3v) is 8.30. The number of carbonyl (C=O) groups is 1. The molecule has 2 fully saturated rings. The molecule has 5 nitrogen and oxygen atoms in total. The van der Waals surface area contributed by atoms with Crippen LogP contribution in [0.5, 0.6) is 0 Å². The molecule has 1 aromatic carbocycles. The summed E-state index contributed by atoms with van der Waals surface area (Å²) in [7, 11) is -3.80. The van der Waals surface area contributed by atoms with E-state index in [1.807, 2.05) is 0 Å². The first-order valence-electron chi connectivity index (χ1n) is 10.6. The number of hydrogen-bond donors (Lipinski definition) is 1. The summed E-state index contributed by atoms with van der Waals surface area (Å²) in [6.07, 6.45) is 9.95. The maximum Gasteiger partial charge on any atom is 0.243 e. The Morgan fingerprint density at radius 3 is 2.29 bits per heavy atom. The standard InChI is InChI=1S/C21H30ClFN2O3S.2CH4/c22-19-14-18(11-12-20(19)23)29(27,28)25-13-7-6-10-17(25)15-24-21(26)16-8-4-2-1-3-5-9-16;;/h11-12,14,16-17H,1-10,13,15H2,(H,24,26);2*1H4. The molecule has 1 aliphatic carbocycles. The van der Waals surface area contributed by atoms with Gasteiger partial charge in [0.15, 0.2) is 0 Å². The van der Waals surface area contributed by atoms with Gasteiger partial charge in [-0.3, -0.25) is 4.79 Å². The van der Waals surface area contributed by atoms with Crippen molar-refractivity contribution >= 4 is 27.5 Å². The van der Waals surface area contributed by atoms with Crippen molar-refractivity contribution in [1.29, 1.82) is 0 Å². The van der Waals surface area contributed by atoms with Crippen LogP contribution in [0.3, 0.4) is 0 Å². The minimum absolute atomic E-state index is 0. The Morgan fingerprint density at radius 2 is 1.65 bits per heavy atom. The summed E-state index contributed by atoms with van der Waals surface area (Å²) in [5.74, 6) is -0.577. The van der Waals surface area contributed by atoms with Crippen LogP contribution in [-0.4, -0.2) is 37.8 Å². The van der Waals surface area contributed by atoms with E-state index in [9.17, 15) is 17.6 Å². The van der Waals surface area contributed by atoms with Gasteiger partial charge in [0.2, 0.25) is 15.9 Å². The van der Waals surface area contributed by atoms with Gasteiger partial charge in [-0.15, -0.1) is 0 Å². The van der Waals surface area contributed by atoms with Crippen molar-refractivity contribution in [3.8, 4) is 0 Å². The van der Waals surface area contributed by atoms with Gasteiger partial charge in [0.1, 0.15) is 5.82 Å². The third-order valence-electron chi connectivity index (χ3n) is 6.06. The number of nitrogens with zero attached hydrogens (tertiary/aromatic N) is 1. The molecule has 3 rings (SSSR count). The van der Waals surface area contributed by atoms with E-state index in [0.29, 0.717) is 19.5 Å². The van der Waals surface area contributed by atoms with Crippen molar-refractivity contribution in [3.05, 3.63) is 29.0 Å². The lowest BCUT2D eigenvalue weighted by Crippen LogP contribution is -2.50. The van der Waals surface area contributed by atoms with E-state index in [-0.39, 0.29) is 42.6 Å². The molecule has 0 radical (unpaired) electrons. The highest BCUT2D eigenvalue weighted by molar-refractivity contribution is 7.89. The Labute approximate surface area is 192 Å². The minimum Gasteiger partial charge on any atom is -0.354 e. The summed E-state index contributed by atoms with van der Waals surface area (Å²) in [6, 6.07) is 3.18. The predicted octanol–water partition coefficient (Wildman–Crippen LogP) is 5.77. The highest BCUT2D eigenvalue weighted by Gasteiger charge is 2.34. The molecule has 2 aliphatic rings. The van der Waals surface area contributed by atoms with Crippen LogP contribution in [0, 0.1) is 11.7 Å². The number of rotatable bonds is 5. The van der Waals surface area contributed by atoms with Crippen LogP contribution >= 0.6 is 11.6 Å². The van der Waals surface area contributed by atoms with E-state index in [2.05, 4.69) is 5.32 Å². The van der Waals surface area contributed by atoms with E-state index >= 15 is 0 Å². The fraction of sp³-hybridized carbons (Fsp3) is 0.696. The molecule has 1 heterocycles. The van der Waals surface area contributed by atoms with Crippen LogP contribution in [0.25, 0.3) is 0 Å². The highest BCUT2D eigenvalue weighted by atomic mass is 35.5. The molecule has 1 aromatic rings. The van der Waals surface area contributed by atoms with Crippen LogP contribution in [0.1, 0.15) is 79.1 Å². The maximum atomic E-state index is 13.5. The number of benzene rings is 1. The summed E-state index contributed by atoms with van der Waals surface area (Å²) in [5.41, 5.74) is 0. The number of hydrogen-bond acceptors (Lipinski definition) is 3. The Bertz CT molecular complexity index is 811. The number of halogens is 2. The largest absolute Gasteiger partial charge is 0.354 e. The van der Waals surface area contributed by atoms with Gasteiger partial charge in [0, 0.05) is 25.0 Å². The van der Waals surface area contributed by atoms with Crippen molar-refractivity contribution in [2.24, 2.45) is 5.92 Å². The number of sulfonamides is 1. The van der Waals surface area contributed by atoms with E-state index < -0.39 is 15.8 Å². The normalized spacial score (nSPS) is 21.2. The first kappa shape index (κ1) is 27.9. The van der Waals surface area contributed by atoms with Gasteiger partial charge in [0.25, 0.3) is 0 Å². The molecule has 31 heavy (non-hydrogen) atoms. The summed E-state index contributed by atoms with van der Waals surface area (Å²) in [5, 5.41) is 2.80. The van der Waals surface area contributed by atoms with Gasteiger partial charge >= 0.3 is 0 Å². The molecule has 0 aromatic heterocycles. The maximum absolute atomic E-state index is 13.5. The molecule has 1 unspecified atom stereocenters. The molecule has 1 atom stereocenters. The van der Waals surface area contributed by atoms with E-state index in [4.69, 9.17) is 11.6 Å². The second-order valence-corrected chi connectivity index (χ2v) is 10.4. The zero-order valence-electron chi connectivity index (χ0n) is 16.7. The first-order chi connectivity index (χ1) is 13.9. The van der Waals surface area contributed by atoms with Crippen molar-refractivity contribution in [3.63, 3.8) is 0 Å². The van der Waals surface area contributed by atoms with Crippen LogP contribution < -0.4 is 5.32 Å². The molecular weight excluding hydrogens is 439 g/mol. The molecule has 178 valence electrons. The topological polar surface area (TPSA) is 66.5 Å². The van der Waals surface area contributed by atoms with Crippen LogP contribution in [0.2, 0.25) is 5.02 Å². The summed E-state index contributed by atoms with van der Waals surface area (Å²) in [4.78, 5) is 12.7. The molecule has 1 saturated carbocycles. The van der Waals surface area contributed by atoms with Crippen molar-refractivity contribution in [2.45, 2.75) is 90.0 Å². The average molecular weight is 477 g/mol. The zero-order valence-corrected chi connectivity index (χ0v) is 18.3. The lowest BCUT2D eigenvalue weighted by Gasteiger charge is -2.35. The number of nitrogens with one attached hydrogen (secondary N) is 1. The van der Waals surface area contributed by atoms with Crippen LogP contribution in [0.15, 0.2) is 23.1 Å². The Morgan fingerprint density at radius 1 is 1.03 bits per heavy atom. The number of piperidine rings is 1. The number of carbonyl (C=O) groups excluding carboxylic acids is 1. The van der Waals surface area contributed by atoms with Crippen molar-refractivity contribution < 1.29 is 17.6 Å². The predicted molar refractivity (Wildman–Crippen MR) is 125 cm³/mol. The molecule has 1 aliphatic heterocycles. The number of amides is 1. The van der Waals surface area contributed by atoms with Gasteiger partial charge in [-0.2, -0.15) is 4.31 Å². The van der Waals surface area contributed by atoms with Gasteiger partial charge in [0.05, 0.1) is 9.92 Å². The zero-order chi connectivity index (χ0) is 20.9. The summed E-state index contributed by atoms with van der Waals surface area (Å²) >= 11 is 5.79. The monoisotopic (exact) mass is 476 g/mol. The fourth-order valence-electron chi connectivity index (χ4n) is 4.35. The van der Waals surface area contributed by atoms with Crippen molar-refractivity contribution in [2.75, 3.05) is 13.1 Å². The van der Waals surface area contributed by atoms with Gasteiger partial charge in [-0.25, -0.2) is 12.8 Å². The minimum atomic E-state index is -3.80. The first-order valence-corrected chi connectivity index (χ1v) is 12.5. The second-order valence-electron chi connectivity index (χ2n) is 8.13. The summed E-state index contributed by atoms with van der Waals surface area (Å²) in [6.45, 7) is 0.699. The average Bonchev–Trinajstić information content (AvgIpc) is 2.68. The molecule has 8 heteroatoms. The SMILES string of the molecule is C.C.O=C(NCC1CCCCN1S(=O)(=O)c1ccc(F)c(Cl)c1)C1CCCCCCC1. The molecule has 1 saturated heterocycles. The van der Waals surface area contributed by atoms with Crippen molar-refractivity contribution in [1.82, 2.24) is 9.62 Å². The van der Waals surface area contributed by atoms with Gasteiger partial charge < -0.3 is 5.32 Å². The van der Waals surface area contributed by atoms with Gasteiger partial charge in [-0.1, -0.05) is 65.0 Å². The Kier molecular flexibility index (Phi) is 11.5. The fourth-order valence-corrected chi connectivity index (χ4v) is 6.31. The third kappa shape index (κ3) is 7.16. The lowest BCUT2D eigenvalue weighted by atomic mass is 9.90. The molecule has 1 amide bonds. The highest BCUT2D eigenvalue weighted by Crippen LogP contribution is 2.28. The Balaban J connectivity index is 0.00000240. The van der Waals surface area contributed by atoms with Gasteiger partial charge in [-0.05, 0) is 43.9 Å². The molecule has 0 bridgehead atoms.